The standard InChI is InChI=1S/C11H15N3O3/c1-4-16-11(15)9-10(17-6-12-9)8-5-13-14(3)7(8)2/h5-6,9-10H,4H2,1-3H3. The fourth-order valence-electron chi connectivity index (χ4n) is 1.77. The van der Waals surface area contributed by atoms with Crippen molar-refractivity contribution < 1.29 is 14.3 Å². The summed E-state index contributed by atoms with van der Waals surface area (Å²) < 4.78 is 12.1. The second-order valence-corrected chi connectivity index (χ2v) is 3.82. The summed E-state index contributed by atoms with van der Waals surface area (Å²) in [5, 5.41) is 4.13. The predicted molar refractivity (Wildman–Crippen MR) is 60.7 cm³/mol. The van der Waals surface area contributed by atoms with E-state index < -0.39 is 12.1 Å². The summed E-state index contributed by atoms with van der Waals surface area (Å²) in [5.41, 5.74) is 1.82. The Labute approximate surface area is 99.2 Å². The Kier molecular flexibility index (Phi) is 3.12. The Bertz CT molecular complexity index is 453. The Morgan fingerprint density at radius 1 is 1.65 bits per heavy atom. The molecule has 2 heterocycles. The van der Waals surface area contributed by atoms with Crippen LogP contribution in [0.2, 0.25) is 0 Å². The van der Waals surface area contributed by atoms with E-state index in [0.717, 1.165) is 11.3 Å². The van der Waals surface area contributed by atoms with Gasteiger partial charge in [0.25, 0.3) is 0 Å². The first kappa shape index (κ1) is 11.6. The molecule has 2 unspecified atom stereocenters. The van der Waals surface area contributed by atoms with Crippen LogP contribution in [0.25, 0.3) is 0 Å². The summed E-state index contributed by atoms with van der Waals surface area (Å²) in [6.45, 7) is 4.03. The van der Waals surface area contributed by atoms with Crippen molar-refractivity contribution in [2.24, 2.45) is 12.0 Å². The van der Waals surface area contributed by atoms with Crippen LogP contribution in [0.4, 0.5) is 0 Å². The molecule has 0 N–H and O–H groups in total. The van der Waals surface area contributed by atoms with Gasteiger partial charge in [-0.1, -0.05) is 0 Å². The number of aliphatic imine (C=N–C) groups is 1. The molecule has 0 saturated carbocycles. The van der Waals surface area contributed by atoms with E-state index in [4.69, 9.17) is 9.47 Å². The second kappa shape index (κ2) is 4.57. The third-order valence-electron chi connectivity index (χ3n) is 2.82. The summed E-state index contributed by atoms with van der Waals surface area (Å²) >= 11 is 0. The summed E-state index contributed by atoms with van der Waals surface area (Å²) in [5.74, 6) is -0.366. The SMILES string of the molecule is CCOC(=O)C1N=COC1c1cnn(C)c1C. The van der Waals surface area contributed by atoms with Crippen LogP contribution in [0, 0.1) is 6.92 Å². The highest BCUT2D eigenvalue weighted by Gasteiger charge is 2.36. The summed E-state index contributed by atoms with van der Waals surface area (Å²) in [6, 6.07) is -0.627. The predicted octanol–water partition coefficient (Wildman–Crippen LogP) is 0.760. The first-order valence-corrected chi connectivity index (χ1v) is 5.47. The van der Waals surface area contributed by atoms with Gasteiger partial charge < -0.3 is 9.47 Å². The number of rotatable bonds is 3. The van der Waals surface area contributed by atoms with E-state index >= 15 is 0 Å². The van der Waals surface area contributed by atoms with Crippen molar-refractivity contribution in [1.82, 2.24) is 9.78 Å². The fourth-order valence-corrected chi connectivity index (χ4v) is 1.77. The second-order valence-electron chi connectivity index (χ2n) is 3.82. The van der Waals surface area contributed by atoms with Crippen molar-refractivity contribution in [2.45, 2.75) is 26.0 Å². The van der Waals surface area contributed by atoms with Crippen molar-refractivity contribution >= 4 is 12.4 Å². The summed E-state index contributed by atoms with van der Waals surface area (Å²) in [4.78, 5) is 15.7. The van der Waals surface area contributed by atoms with Crippen molar-refractivity contribution in [1.29, 1.82) is 0 Å². The maximum absolute atomic E-state index is 11.7. The van der Waals surface area contributed by atoms with Gasteiger partial charge in [0.15, 0.2) is 18.5 Å². The maximum Gasteiger partial charge on any atom is 0.335 e. The molecule has 1 aromatic rings. The molecule has 0 aromatic carbocycles. The van der Waals surface area contributed by atoms with E-state index in [1.165, 1.54) is 6.40 Å². The number of aryl methyl sites for hydroxylation is 1. The van der Waals surface area contributed by atoms with Crippen LogP contribution in [0.5, 0.6) is 0 Å². The molecule has 0 amide bonds. The molecule has 0 saturated heterocycles. The minimum atomic E-state index is -0.627. The summed E-state index contributed by atoms with van der Waals surface area (Å²) in [7, 11) is 1.84. The zero-order valence-corrected chi connectivity index (χ0v) is 10.1. The number of esters is 1. The number of hydrogen-bond donors (Lipinski definition) is 0. The normalized spacial score (nSPS) is 22.5. The van der Waals surface area contributed by atoms with Gasteiger partial charge in [0, 0.05) is 18.3 Å². The molecule has 2 atom stereocenters. The molecule has 6 heteroatoms. The third kappa shape index (κ3) is 2.02. The lowest BCUT2D eigenvalue weighted by molar-refractivity contribution is -0.146. The van der Waals surface area contributed by atoms with Crippen molar-refractivity contribution in [3.05, 3.63) is 17.5 Å². The maximum atomic E-state index is 11.7. The average Bonchev–Trinajstić information content (AvgIpc) is 2.88. The molecule has 1 aromatic heterocycles. The molecular weight excluding hydrogens is 222 g/mol. The molecule has 1 aliphatic rings. The highest BCUT2D eigenvalue weighted by atomic mass is 16.5. The number of ether oxygens (including phenoxy) is 2. The van der Waals surface area contributed by atoms with E-state index in [-0.39, 0.29) is 5.97 Å². The average molecular weight is 237 g/mol. The Hall–Kier alpha value is -1.85. The molecule has 0 fully saturated rings. The van der Waals surface area contributed by atoms with Crippen molar-refractivity contribution in [3.8, 4) is 0 Å². The Morgan fingerprint density at radius 2 is 2.41 bits per heavy atom. The molecule has 0 aliphatic carbocycles. The van der Waals surface area contributed by atoms with E-state index in [1.807, 2.05) is 14.0 Å². The van der Waals surface area contributed by atoms with Crippen LogP contribution in [0.1, 0.15) is 24.3 Å². The zero-order valence-electron chi connectivity index (χ0n) is 10.1. The van der Waals surface area contributed by atoms with E-state index in [9.17, 15) is 4.79 Å². The first-order chi connectivity index (χ1) is 8.15. The quantitative estimate of drug-likeness (QED) is 0.728. The Morgan fingerprint density at radius 3 is 3.00 bits per heavy atom. The van der Waals surface area contributed by atoms with Crippen LogP contribution in [0.3, 0.4) is 0 Å². The topological polar surface area (TPSA) is 65.7 Å². The zero-order chi connectivity index (χ0) is 12.4. The minimum Gasteiger partial charge on any atom is -0.473 e. The molecule has 0 radical (unpaired) electrons. The molecule has 0 spiro atoms. The molecule has 0 bridgehead atoms. The first-order valence-electron chi connectivity index (χ1n) is 5.47. The van der Waals surface area contributed by atoms with Gasteiger partial charge in [-0.3, -0.25) is 4.68 Å². The number of hydrogen-bond acceptors (Lipinski definition) is 5. The van der Waals surface area contributed by atoms with Gasteiger partial charge in [-0.2, -0.15) is 5.10 Å². The van der Waals surface area contributed by atoms with Gasteiger partial charge in [-0.25, -0.2) is 9.79 Å². The number of aromatic nitrogens is 2. The van der Waals surface area contributed by atoms with E-state index in [0.29, 0.717) is 6.61 Å². The summed E-state index contributed by atoms with van der Waals surface area (Å²) in [6.07, 6.45) is 2.57. The van der Waals surface area contributed by atoms with Gasteiger partial charge in [-0.15, -0.1) is 0 Å². The monoisotopic (exact) mass is 237 g/mol. The lowest BCUT2D eigenvalue weighted by Gasteiger charge is -2.15. The molecule has 6 nitrogen and oxygen atoms in total. The molecule has 2 rings (SSSR count). The van der Waals surface area contributed by atoms with Crippen LogP contribution in [-0.4, -0.2) is 34.8 Å². The molecule has 92 valence electrons. The van der Waals surface area contributed by atoms with Gasteiger partial charge >= 0.3 is 5.97 Å². The van der Waals surface area contributed by atoms with Crippen LogP contribution in [0.15, 0.2) is 11.2 Å². The van der Waals surface area contributed by atoms with E-state index in [1.54, 1.807) is 17.8 Å². The van der Waals surface area contributed by atoms with Crippen molar-refractivity contribution in [3.63, 3.8) is 0 Å². The number of nitrogens with zero attached hydrogens (tertiary/aromatic N) is 3. The van der Waals surface area contributed by atoms with Crippen molar-refractivity contribution in [2.75, 3.05) is 6.61 Å². The highest BCUT2D eigenvalue weighted by molar-refractivity contribution is 5.80. The minimum absolute atomic E-state index is 0.337. The lowest BCUT2D eigenvalue weighted by Crippen LogP contribution is -2.26. The molecule has 17 heavy (non-hydrogen) atoms. The smallest absolute Gasteiger partial charge is 0.335 e. The van der Waals surface area contributed by atoms with Gasteiger partial charge in [-0.05, 0) is 13.8 Å². The van der Waals surface area contributed by atoms with Crippen LogP contribution >= 0.6 is 0 Å². The largest absolute Gasteiger partial charge is 0.473 e. The van der Waals surface area contributed by atoms with Crippen LogP contribution in [-0.2, 0) is 21.3 Å². The van der Waals surface area contributed by atoms with Gasteiger partial charge in [0.1, 0.15) is 0 Å². The molecule has 1 aliphatic heterocycles. The van der Waals surface area contributed by atoms with Gasteiger partial charge in [0.2, 0.25) is 0 Å². The number of carbonyl (C=O) groups excluding carboxylic acids is 1. The van der Waals surface area contributed by atoms with Gasteiger partial charge in [0.05, 0.1) is 12.8 Å². The highest BCUT2D eigenvalue weighted by Crippen LogP contribution is 2.29. The lowest BCUT2D eigenvalue weighted by atomic mass is 10.0. The Balaban J connectivity index is 2.22. The third-order valence-corrected chi connectivity index (χ3v) is 2.82. The van der Waals surface area contributed by atoms with Crippen LogP contribution < -0.4 is 0 Å². The fraction of sp³-hybridized carbons (Fsp3) is 0.545. The number of carbonyl (C=O) groups is 1. The van der Waals surface area contributed by atoms with E-state index in [2.05, 4.69) is 10.1 Å². The molecular formula is C11H15N3O3.